The van der Waals surface area contributed by atoms with E-state index >= 15 is 0 Å². The summed E-state index contributed by atoms with van der Waals surface area (Å²) >= 11 is 0. The molecule has 5 atom stereocenters. The van der Waals surface area contributed by atoms with Crippen LogP contribution in [0.25, 0.3) is 0 Å². The summed E-state index contributed by atoms with van der Waals surface area (Å²) in [5, 5.41) is 0. The van der Waals surface area contributed by atoms with Crippen LogP contribution in [0.5, 0.6) is 11.5 Å². The summed E-state index contributed by atoms with van der Waals surface area (Å²) in [6.45, 7) is 16.5. The van der Waals surface area contributed by atoms with Crippen molar-refractivity contribution in [1.82, 2.24) is 14.2 Å². The molecule has 2 heterocycles. The Morgan fingerprint density at radius 2 is 1.41 bits per heavy atom. The fourth-order valence-electron chi connectivity index (χ4n) is 7.38. The Balaban J connectivity index is 1.69. The molecule has 1 fully saturated rings. The van der Waals surface area contributed by atoms with Gasteiger partial charge in [0.2, 0.25) is 0 Å². The highest BCUT2D eigenvalue weighted by Gasteiger charge is 2.51. The van der Waals surface area contributed by atoms with Gasteiger partial charge in [0.1, 0.15) is 43.7 Å². The van der Waals surface area contributed by atoms with Crippen LogP contribution < -0.4 is 20.7 Å². The molecule has 15 heteroatoms. The van der Waals surface area contributed by atoms with Gasteiger partial charge in [-0.2, -0.15) is 0 Å². The first-order chi connectivity index (χ1) is 28.1. The van der Waals surface area contributed by atoms with Gasteiger partial charge in [0.15, 0.2) is 13.0 Å². The molecule has 0 aliphatic carbocycles. The number of ether oxygens (including phenoxy) is 6. The quantitative estimate of drug-likeness (QED) is 0.0311. The minimum Gasteiger partial charge on any atom is -0.497 e. The van der Waals surface area contributed by atoms with Gasteiger partial charge in [-0.15, -0.1) is 0 Å². The number of nitrogens with one attached hydrogen (secondary N) is 1. The van der Waals surface area contributed by atoms with Crippen LogP contribution in [0.3, 0.4) is 0 Å². The lowest BCUT2D eigenvalue weighted by molar-refractivity contribution is -0.168. The van der Waals surface area contributed by atoms with Crippen molar-refractivity contribution in [1.29, 1.82) is 0 Å². The van der Waals surface area contributed by atoms with Crippen LogP contribution in [0.15, 0.2) is 101 Å². The van der Waals surface area contributed by atoms with Crippen molar-refractivity contribution < 1.29 is 37.7 Å². The highest BCUT2D eigenvalue weighted by molar-refractivity contribution is 7.50. The molecule has 1 saturated heterocycles. The number of carbonyl (C=O) groups excluding carboxylic acids is 1. The topological polar surface area (TPSA) is 140 Å². The first-order valence-corrected chi connectivity index (χ1v) is 25.1. The molecule has 13 nitrogen and oxygen atoms in total. The molecule has 0 saturated carbocycles. The van der Waals surface area contributed by atoms with Gasteiger partial charge in [0.05, 0.1) is 20.8 Å². The number of nitrogens with zero attached hydrogens (tertiary/aromatic N) is 2. The van der Waals surface area contributed by atoms with E-state index in [1.54, 1.807) is 14.2 Å². The van der Waals surface area contributed by atoms with Gasteiger partial charge in [0.25, 0.3) is 5.56 Å². The molecule has 0 bridgehead atoms. The molecule has 0 amide bonds. The minimum atomic E-state index is -1.54. The molecule has 1 unspecified atom stereocenters. The van der Waals surface area contributed by atoms with E-state index in [0.29, 0.717) is 11.5 Å². The Morgan fingerprint density at radius 1 is 0.847 bits per heavy atom. The first kappa shape index (κ1) is 45.9. The smallest absolute Gasteiger partial charge is 0.330 e. The Hall–Kier alpha value is -4.14. The number of aromatic nitrogens is 2. The molecular formula is C44H60N3O10PSi. The predicted molar refractivity (Wildman–Crippen MR) is 232 cm³/mol. The Kier molecular flexibility index (Phi) is 15.9. The number of rotatable bonds is 20. The molecule has 5 rings (SSSR count). The number of esters is 1. The van der Waals surface area contributed by atoms with Crippen molar-refractivity contribution in [3.63, 3.8) is 0 Å². The standard InChI is InChI=1S/C44H60N3O10PSi/c1-30(2)47(31(3)4)58(26-27-59(8,9)10)57-40-38(56-42(41(40)54-29-53-32(5)48)46-25-24-39(49)45-43(46)50)28-55-44(33-14-12-11-13-15-33,34-16-20-36(51-6)21-17-34)35-18-22-37(52-7)23-19-35/h11-25,30-31,38,40-42H,26-29H2,1-10H3,(H,45,49,50)/t38-,40-,41-,42-,58?/m1/s1. The van der Waals surface area contributed by atoms with Crippen LogP contribution in [-0.2, 0) is 33.9 Å². The zero-order valence-corrected chi connectivity index (χ0v) is 37.8. The monoisotopic (exact) mass is 849 g/mol. The average Bonchev–Trinajstić information content (AvgIpc) is 3.53. The number of hydrogen-bond acceptors (Lipinski definition) is 11. The van der Waals surface area contributed by atoms with Crippen LogP contribution in [0.1, 0.15) is 57.5 Å². The van der Waals surface area contributed by atoms with Gasteiger partial charge in [-0.1, -0.05) is 80.3 Å². The van der Waals surface area contributed by atoms with Crippen LogP contribution in [-0.4, -0.2) is 92.4 Å². The van der Waals surface area contributed by atoms with Crippen molar-refractivity contribution >= 4 is 22.3 Å². The third-order valence-electron chi connectivity index (χ3n) is 10.2. The summed E-state index contributed by atoms with van der Waals surface area (Å²) in [7, 11) is 0.442. The molecule has 4 aromatic rings. The molecule has 3 aromatic carbocycles. The lowest BCUT2D eigenvalue weighted by Gasteiger charge is -2.41. The molecule has 1 aliphatic heterocycles. The molecular weight excluding hydrogens is 790 g/mol. The van der Waals surface area contributed by atoms with Crippen LogP contribution in [0.2, 0.25) is 25.7 Å². The lowest BCUT2D eigenvalue weighted by atomic mass is 9.80. The number of methoxy groups -OCH3 is 2. The van der Waals surface area contributed by atoms with E-state index in [9.17, 15) is 14.4 Å². The fourth-order valence-corrected chi connectivity index (χ4v) is 12.8. The number of H-pyrrole nitrogens is 1. The third-order valence-corrected chi connectivity index (χ3v) is 14.9. The highest BCUT2D eigenvalue weighted by Crippen LogP contribution is 2.51. The van der Waals surface area contributed by atoms with Crippen molar-refractivity contribution in [2.45, 2.75) is 103 Å². The third kappa shape index (κ3) is 11.4. The van der Waals surface area contributed by atoms with Gasteiger partial charge in [-0.05, 0) is 68.7 Å². The maximum absolute atomic E-state index is 13.5. The summed E-state index contributed by atoms with van der Waals surface area (Å²) in [6, 6.07) is 28.0. The lowest BCUT2D eigenvalue weighted by Crippen LogP contribution is -2.44. The van der Waals surface area contributed by atoms with Gasteiger partial charge in [0, 0.05) is 45.5 Å². The largest absolute Gasteiger partial charge is 0.497 e. The van der Waals surface area contributed by atoms with Gasteiger partial charge in [-0.25, -0.2) is 4.79 Å². The summed E-state index contributed by atoms with van der Waals surface area (Å²) in [5.41, 5.74) is 0.0595. The first-order valence-electron chi connectivity index (χ1n) is 20.0. The van der Waals surface area contributed by atoms with Crippen molar-refractivity contribution in [2.24, 2.45) is 0 Å². The van der Waals surface area contributed by atoms with E-state index < -0.39 is 70.5 Å². The number of hydrogen-bond donors (Lipinski definition) is 1. The SMILES string of the molecule is COc1ccc(C(OC[C@H]2O[C@@H](n3ccc(=O)[nH]c3=O)[C@H](OCOC(C)=O)[C@@H]2OP(CC[Si](C)(C)C)N(C(C)C)C(C)C)(c2ccccc2)c2ccc(OC)cc2)cc1. The Labute approximate surface area is 349 Å². The van der Waals surface area contributed by atoms with Gasteiger partial charge >= 0.3 is 11.7 Å². The maximum Gasteiger partial charge on any atom is 0.330 e. The van der Waals surface area contributed by atoms with Crippen LogP contribution in [0, 0.1) is 0 Å². The zero-order valence-electron chi connectivity index (χ0n) is 35.9. The van der Waals surface area contributed by atoms with E-state index in [-0.39, 0.29) is 18.7 Å². The summed E-state index contributed by atoms with van der Waals surface area (Å²) < 4.78 is 48.0. The number of benzene rings is 3. The van der Waals surface area contributed by atoms with E-state index in [2.05, 4.69) is 57.0 Å². The molecule has 0 spiro atoms. The van der Waals surface area contributed by atoms with Gasteiger partial charge < -0.3 is 32.9 Å². The summed E-state index contributed by atoms with van der Waals surface area (Å²) in [5.74, 6) is 0.840. The zero-order chi connectivity index (χ0) is 42.9. The second-order valence-corrected chi connectivity index (χ2v) is 23.8. The molecule has 320 valence electrons. The fraction of sp³-hybridized carbons (Fsp3) is 0.477. The highest BCUT2D eigenvalue weighted by atomic mass is 31.2. The van der Waals surface area contributed by atoms with E-state index in [1.165, 1.54) is 23.8 Å². The number of aromatic amines is 1. The van der Waals surface area contributed by atoms with Crippen molar-refractivity contribution in [3.8, 4) is 11.5 Å². The Morgan fingerprint density at radius 3 is 1.90 bits per heavy atom. The summed E-state index contributed by atoms with van der Waals surface area (Å²) in [6.07, 6.45) is -1.56. The maximum atomic E-state index is 13.5. The molecule has 1 aromatic heterocycles. The minimum absolute atomic E-state index is 0.0415. The van der Waals surface area contributed by atoms with Crippen LogP contribution in [0.4, 0.5) is 0 Å². The van der Waals surface area contributed by atoms with Crippen molar-refractivity contribution in [3.05, 3.63) is 129 Å². The molecule has 1 aliphatic rings. The second-order valence-electron chi connectivity index (χ2n) is 16.3. The molecule has 0 radical (unpaired) electrons. The second kappa shape index (κ2) is 20.4. The number of carbonyl (C=O) groups is 1. The van der Waals surface area contributed by atoms with Crippen molar-refractivity contribution in [2.75, 3.05) is 33.8 Å². The van der Waals surface area contributed by atoms with E-state index in [4.69, 9.17) is 32.9 Å². The predicted octanol–water partition coefficient (Wildman–Crippen LogP) is 7.52. The molecule has 1 N–H and O–H groups in total. The van der Waals surface area contributed by atoms with E-state index in [0.717, 1.165) is 28.9 Å². The summed E-state index contributed by atoms with van der Waals surface area (Å²) in [4.78, 5) is 40.1. The average molecular weight is 850 g/mol. The molecule has 59 heavy (non-hydrogen) atoms. The van der Waals surface area contributed by atoms with Gasteiger partial charge in [-0.3, -0.25) is 23.8 Å². The Bertz CT molecular complexity index is 2000. The normalized spacial score (nSPS) is 19.0. The van der Waals surface area contributed by atoms with Crippen LogP contribution >= 0.6 is 8.30 Å². The van der Waals surface area contributed by atoms with E-state index in [1.807, 2.05) is 78.9 Å².